The van der Waals surface area contributed by atoms with Gasteiger partial charge < -0.3 is 4.90 Å². The van der Waals surface area contributed by atoms with Crippen molar-refractivity contribution < 1.29 is 4.79 Å². The lowest BCUT2D eigenvalue weighted by Crippen LogP contribution is -2.21. The van der Waals surface area contributed by atoms with Gasteiger partial charge in [-0.1, -0.05) is 48.0 Å². The molecule has 6 heteroatoms. The van der Waals surface area contributed by atoms with Gasteiger partial charge in [-0.2, -0.15) is 12.6 Å². The van der Waals surface area contributed by atoms with Gasteiger partial charge in [0.05, 0.1) is 15.8 Å². The first-order chi connectivity index (χ1) is 13.9. The molecule has 1 heterocycles. The van der Waals surface area contributed by atoms with E-state index in [1.54, 1.807) is 30.8 Å². The molecule has 3 rings (SSSR count). The van der Waals surface area contributed by atoms with Crippen molar-refractivity contribution in [2.45, 2.75) is 11.0 Å². The Labute approximate surface area is 186 Å². The van der Waals surface area contributed by atoms with Crippen molar-refractivity contribution >= 4 is 65.0 Å². The van der Waals surface area contributed by atoms with Gasteiger partial charge in [-0.25, -0.2) is 4.98 Å². The molecule has 1 aromatic heterocycles. The number of hydrogen-bond donors (Lipinski definition) is 1. The van der Waals surface area contributed by atoms with Crippen LogP contribution in [0.4, 0.5) is 0 Å². The molecule has 0 radical (unpaired) electrons. The second-order valence-corrected chi connectivity index (χ2v) is 9.35. The standard InChI is InChI=1S/C23H23ClN2OS2/c1-26(2)22(27)12-13-29-23(28)18-5-3-4-16(14-18)6-10-20-11-8-17-7-9-19(24)15-21(17)25-20/h3-11,14-15,23,28H,12-13H2,1-2H3/b10-6+. The molecule has 0 aliphatic heterocycles. The minimum absolute atomic E-state index is 0.0271. The summed E-state index contributed by atoms with van der Waals surface area (Å²) in [6, 6.07) is 18.0. The van der Waals surface area contributed by atoms with E-state index in [9.17, 15) is 4.79 Å². The first-order valence-electron chi connectivity index (χ1n) is 9.26. The Hall–Kier alpha value is -1.95. The third kappa shape index (κ3) is 6.26. The Bertz CT molecular complexity index is 1040. The Morgan fingerprint density at radius 1 is 1.17 bits per heavy atom. The van der Waals surface area contributed by atoms with Crippen LogP contribution in [0.5, 0.6) is 0 Å². The van der Waals surface area contributed by atoms with Crippen molar-refractivity contribution in [1.82, 2.24) is 9.88 Å². The van der Waals surface area contributed by atoms with Crippen LogP contribution >= 0.6 is 36.0 Å². The summed E-state index contributed by atoms with van der Waals surface area (Å²) < 4.78 is 0.0271. The molecule has 1 atom stereocenters. The first kappa shape index (κ1) is 21.8. The van der Waals surface area contributed by atoms with E-state index >= 15 is 0 Å². The number of aromatic nitrogens is 1. The van der Waals surface area contributed by atoms with E-state index in [0.717, 1.165) is 33.5 Å². The third-order valence-electron chi connectivity index (χ3n) is 4.41. The van der Waals surface area contributed by atoms with Crippen LogP contribution in [-0.4, -0.2) is 35.6 Å². The molecule has 3 aromatic rings. The maximum absolute atomic E-state index is 11.7. The van der Waals surface area contributed by atoms with Gasteiger partial charge in [0, 0.05) is 36.7 Å². The fourth-order valence-corrected chi connectivity index (χ4v) is 4.27. The summed E-state index contributed by atoms with van der Waals surface area (Å²) in [5.41, 5.74) is 3.97. The summed E-state index contributed by atoms with van der Waals surface area (Å²) in [6.07, 6.45) is 4.56. The summed E-state index contributed by atoms with van der Waals surface area (Å²) in [5.74, 6) is 0.883. The highest BCUT2D eigenvalue weighted by Crippen LogP contribution is 2.33. The van der Waals surface area contributed by atoms with E-state index in [4.69, 9.17) is 24.2 Å². The van der Waals surface area contributed by atoms with Gasteiger partial charge in [0.15, 0.2) is 0 Å². The van der Waals surface area contributed by atoms with Gasteiger partial charge in [0.1, 0.15) is 0 Å². The lowest BCUT2D eigenvalue weighted by molar-refractivity contribution is -0.128. The van der Waals surface area contributed by atoms with Crippen molar-refractivity contribution in [2.75, 3.05) is 19.8 Å². The number of hydrogen-bond acceptors (Lipinski definition) is 4. The molecule has 0 fully saturated rings. The average molecular weight is 443 g/mol. The molecule has 0 aliphatic rings. The predicted molar refractivity (Wildman–Crippen MR) is 130 cm³/mol. The summed E-state index contributed by atoms with van der Waals surface area (Å²) in [5, 5.41) is 1.75. The number of thiol groups is 1. The third-order valence-corrected chi connectivity index (χ3v) is 6.42. The second-order valence-electron chi connectivity index (χ2n) is 6.84. The van der Waals surface area contributed by atoms with Crippen molar-refractivity contribution in [1.29, 1.82) is 0 Å². The van der Waals surface area contributed by atoms with Crippen LogP contribution in [0.25, 0.3) is 23.1 Å². The molecule has 1 amide bonds. The molecule has 0 saturated carbocycles. The largest absolute Gasteiger partial charge is 0.349 e. The maximum atomic E-state index is 11.7. The number of pyridine rings is 1. The van der Waals surface area contributed by atoms with Crippen LogP contribution in [0.2, 0.25) is 5.02 Å². The predicted octanol–water partition coefficient (Wildman–Crippen LogP) is 6.20. The molecular weight excluding hydrogens is 420 g/mol. The van der Waals surface area contributed by atoms with Crippen molar-refractivity contribution in [3.8, 4) is 0 Å². The topological polar surface area (TPSA) is 33.2 Å². The monoisotopic (exact) mass is 442 g/mol. The Morgan fingerprint density at radius 3 is 2.76 bits per heavy atom. The number of carbonyl (C=O) groups excluding carboxylic acids is 1. The minimum atomic E-state index is 0.0271. The minimum Gasteiger partial charge on any atom is -0.349 e. The normalized spacial score (nSPS) is 12.4. The molecule has 0 N–H and O–H groups in total. The highest BCUT2D eigenvalue weighted by atomic mass is 35.5. The zero-order valence-corrected chi connectivity index (χ0v) is 18.8. The summed E-state index contributed by atoms with van der Waals surface area (Å²) >= 11 is 12.4. The molecule has 0 bridgehead atoms. The molecule has 3 nitrogen and oxygen atoms in total. The highest BCUT2D eigenvalue weighted by Gasteiger charge is 2.10. The van der Waals surface area contributed by atoms with Gasteiger partial charge in [-0.15, -0.1) is 11.8 Å². The number of halogens is 1. The van der Waals surface area contributed by atoms with Gasteiger partial charge in [-0.05, 0) is 41.5 Å². The fourth-order valence-electron chi connectivity index (χ4n) is 2.77. The number of carbonyl (C=O) groups is 1. The molecule has 0 spiro atoms. The van der Waals surface area contributed by atoms with E-state index in [1.165, 1.54) is 0 Å². The summed E-state index contributed by atoms with van der Waals surface area (Å²) in [6.45, 7) is 0. The van der Waals surface area contributed by atoms with Gasteiger partial charge in [0.25, 0.3) is 0 Å². The number of benzene rings is 2. The molecule has 0 aliphatic carbocycles. The van der Waals surface area contributed by atoms with Crippen LogP contribution in [0.1, 0.15) is 27.8 Å². The smallest absolute Gasteiger partial charge is 0.222 e. The van der Waals surface area contributed by atoms with E-state index in [2.05, 4.69) is 23.2 Å². The van der Waals surface area contributed by atoms with E-state index in [0.29, 0.717) is 11.4 Å². The zero-order valence-electron chi connectivity index (χ0n) is 16.4. The van der Waals surface area contributed by atoms with Gasteiger partial charge >= 0.3 is 0 Å². The maximum Gasteiger partial charge on any atom is 0.222 e. The number of nitrogens with zero attached hydrogens (tertiary/aromatic N) is 2. The lowest BCUT2D eigenvalue weighted by Gasteiger charge is -2.13. The van der Waals surface area contributed by atoms with Crippen LogP contribution in [0, 0.1) is 0 Å². The number of amides is 1. The Balaban J connectivity index is 1.67. The lowest BCUT2D eigenvalue weighted by atomic mass is 10.1. The highest BCUT2D eigenvalue weighted by molar-refractivity contribution is 8.09. The van der Waals surface area contributed by atoms with Crippen LogP contribution < -0.4 is 0 Å². The Kier molecular flexibility index (Phi) is 7.64. The first-order valence-corrected chi connectivity index (χ1v) is 11.2. The van der Waals surface area contributed by atoms with Gasteiger partial charge in [0.2, 0.25) is 5.91 Å². The summed E-state index contributed by atoms with van der Waals surface area (Å²) in [4.78, 5) is 18.0. The second kappa shape index (κ2) is 10.2. The quantitative estimate of drug-likeness (QED) is 0.349. The SMILES string of the molecule is CN(C)C(=O)CCSC(S)c1cccc(/C=C/c2ccc3ccc(Cl)cc3n2)c1. The Morgan fingerprint density at radius 2 is 1.97 bits per heavy atom. The van der Waals surface area contributed by atoms with Crippen molar-refractivity contribution in [3.05, 3.63) is 76.4 Å². The average Bonchev–Trinajstić information content (AvgIpc) is 2.71. The molecule has 29 heavy (non-hydrogen) atoms. The zero-order chi connectivity index (χ0) is 20.8. The number of fused-ring (bicyclic) bond motifs is 1. The molecular formula is C23H23ClN2OS2. The fraction of sp³-hybridized carbons (Fsp3) is 0.217. The van der Waals surface area contributed by atoms with Crippen LogP contribution in [0.3, 0.4) is 0 Å². The van der Waals surface area contributed by atoms with E-state index in [1.807, 2.05) is 48.6 Å². The molecule has 0 saturated heterocycles. The number of thioether (sulfide) groups is 1. The van der Waals surface area contributed by atoms with Crippen LogP contribution in [0.15, 0.2) is 54.6 Å². The molecule has 150 valence electrons. The van der Waals surface area contributed by atoms with Crippen molar-refractivity contribution in [2.24, 2.45) is 0 Å². The van der Waals surface area contributed by atoms with Crippen molar-refractivity contribution in [3.63, 3.8) is 0 Å². The van der Waals surface area contributed by atoms with Crippen LogP contribution in [-0.2, 0) is 4.79 Å². The van der Waals surface area contributed by atoms with E-state index < -0.39 is 0 Å². The summed E-state index contributed by atoms with van der Waals surface area (Å²) in [7, 11) is 3.56. The molecule has 2 aromatic carbocycles. The molecule has 1 unspecified atom stereocenters. The van der Waals surface area contributed by atoms with E-state index in [-0.39, 0.29) is 10.5 Å². The number of rotatable bonds is 7. The van der Waals surface area contributed by atoms with Gasteiger partial charge in [-0.3, -0.25) is 4.79 Å².